The standard InChI is InChI=1S/C13H15NO4/c15-11-4-3-9(14-11)7-18-13(16)12-10(5-6-17-12)8-1-2-8/h5-6,8-9H,1-4,7H2,(H,14,15)/t9-/m1/s1. The van der Waals surface area contributed by atoms with E-state index in [0.717, 1.165) is 24.8 Å². The monoisotopic (exact) mass is 249 g/mol. The summed E-state index contributed by atoms with van der Waals surface area (Å²) in [6.45, 7) is 0.218. The first-order valence-corrected chi connectivity index (χ1v) is 6.28. The van der Waals surface area contributed by atoms with Gasteiger partial charge < -0.3 is 14.5 Å². The van der Waals surface area contributed by atoms with Crippen LogP contribution in [0.3, 0.4) is 0 Å². The molecule has 1 N–H and O–H groups in total. The van der Waals surface area contributed by atoms with Crippen LogP contribution in [0.2, 0.25) is 0 Å². The number of rotatable bonds is 4. The predicted octanol–water partition coefficient (Wildman–Crippen LogP) is 1.59. The lowest BCUT2D eigenvalue weighted by molar-refractivity contribution is -0.119. The van der Waals surface area contributed by atoms with E-state index in [9.17, 15) is 9.59 Å². The van der Waals surface area contributed by atoms with Gasteiger partial charge in [-0.2, -0.15) is 0 Å². The van der Waals surface area contributed by atoms with Crippen molar-refractivity contribution in [2.45, 2.75) is 37.6 Å². The van der Waals surface area contributed by atoms with E-state index in [2.05, 4.69) is 5.32 Å². The van der Waals surface area contributed by atoms with Gasteiger partial charge in [-0.3, -0.25) is 4.79 Å². The van der Waals surface area contributed by atoms with Gasteiger partial charge in [0.05, 0.1) is 12.3 Å². The minimum Gasteiger partial charge on any atom is -0.458 e. The van der Waals surface area contributed by atoms with Crippen molar-refractivity contribution < 1.29 is 18.7 Å². The molecule has 1 saturated heterocycles. The molecule has 1 amide bonds. The van der Waals surface area contributed by atoms with Crippen molar-refractivity contribution in [1.29, 1.82) is 0 Å². The highest BCUT2D eigenvalue weighted by molar-refractivity contribution is 5.88. The number of ether oxygens (including phenoxy) is 1. The van der Waals surface area contributed by atoms with Crippen LogP contribution in [0.4, 0.5) is 0 Å². The smallest absolute Gasteiger partial charge is 0.374 e. The Hall–Kier alpha value is -1.78. The molecule has 1 atom stereocenters. The zero-order chi connectivity index (χ0) is 12.5. The van der Waals surface area contributed by atoms with Gasteiger partial charge in [0, 0.05) is 12.0 Å². The van der Waals surface area contributed by atoms with Crippen LogP contribution in [0, 0.1) is 0 Å². The molecule has 1 aromatic rings. The molecule has 0 radical (unpaired) electrons. The van der Waals surface area contributed by atoms with Crippen LogP contribution in [-0.4, -0.2) is 24.5 Å². The summed E-state index contributed by atoms with van der Waals surface area (Å²) in [6.07, 6.45) is 4.98. The second-order valence-corrected chi connectivity index (χ2v) is 4.88. The molecule has 1 aliphatic heterocycles. The Morgan fingerprint density at radius 1 is 1.44 bits per heavy atom. The number of esters is 1. The summed E-state index contributed by atoms with van der Waals surface area (Å²) in [5.41, 5.74) is 0.954. The fraction of sp³-hybridized carbons (Fsp3) is 0.538. The molecule has 2 fully saturated rings. The lowest BCUT2D eigenvalue weighted by Gasteiger charge is -2.10. The summed E-state index contributed by atoms with van der Waals surface area (Å²) < 4.78 is 10.4. The summed E-state index contributed by atoms with van der Waals surface area (Å²) in [7, 11) is 0. The molecule has 1 aromatic heterocycles. The molecular formula is C13H15NO4. The fourth-order valence-electron chi connectivity index (χ4n) is 2.25. The van der Waals surface area contributed by atoms with E-state index in [1.807, 2.05) is 6.07 Å². The van der Waals surface area contributed by atoms with Gasteiger partial charge in [0.15, 0.2) is 0 Å². The SMILES string of the molecule is O=C1CC[C@H](COC(=O)c2occc2C2CC2)N1. The molecule has 3 rings (SSSR count). The van der Waals surface area contributed by atoms with Crippen LogP contribution < -0.4 is 5.32 Å². The molecule has 0 bridgehead atoms. The van der Waals surface area contributed by atoms with Gasteiger partial charge in [-0.1, -0.05) is 0 Å². The van der Waals surface area contributed by atoms with E-state index in [1.54, 1.807) is 0 Å². The maximum Gasteiger partial charge on any atom is 0.374 e. The Morgan fingerprint density at radius 3 is 2.94 bits per heavy atom. The highest BCUT2D eigenvalue weighted by Crippen LogP contribution is 2.42. The second-order valence-electron chi connectivity index (χ2n) is 4.88. The van der Waals surface area contributed by atoms with E-state index >= 15 is 0 Å². The highest BCUT2D eigenvalue weighted by atomic mass is 16.5. The zero-order valence-electron chi connectivity index (χ0n) is 9.98. The van der Waals surface area contributed by atoms with Gasteiger partial charge in [-0.25, -0.2) is 4.79 Å². The quantitative estimate of drug-likeness (QED) is 0.823. The van der Waals surface area contributed by atoms with Gasteiger partial charge in [-0.15, -0.1) is 0 Å². The fourth-order valence-corrected chi connectivity index (χ4v) is 2.25. The van der Waals surface area contributed by atoms with Crippen LogP contribution in [0.1, 0.15) is 47.7 Å². The molecule has 1 aliphatic carbocycles. The van der Waals surface area contributed by atoms with Crippen molar-refractivity contribution in [3.8, 4) is 0 Å². The van der Waals surface area contributed by atoms with Gasteiger partial charge in [0.2, 0.25) is 11.7 Å². The third kappa shape index (κ3) is 2.25. The lowest BCUT2D eigenvalue weighted by atomic mass is 10.1. The number of carbonyl (C=O) groups is 2. The third-order valence-corrected chi connectivity index (χ3v) is 3.40. The van der Waals surface area contributed by atoms with Crippen molar-refractivity contribution in [3.05, 3.63) is 23.7 Å². The first-order valence-electron chi connectivity index (χ1n) is 6.28. The van der Waals surface area contributed by atoms with Crippen molar-refractivity contribution in [3.63, 3.8) is 0 Å². The Labute approximate surface area is 104 Å². The first kappa shape index (κ1) is 11.3. The summed E-state index contributed by atoms with van der Waals surface area (Å²) in [4.78, 5) is 22.9. The number of furan rings is 1. The number of nitrogens with one attached hydrogen (secondary N) is 1. The number of hydrogen-bond acceptors (Lipinski definition) is 4. The second kappa shape index (κ2) is 4.48. The maximum absolute atomic E-state index is 11.9. The highest BCUT2D eigenvalue weighted by Gasteiger charge is 2.31. The van der Waals surface area contributed by atoms with Crippen LogP contribution in [0.25, 0.3) is 0 Å². The average Bonchev–Trinajstić information content (AvgIpc) is 2.94. The number of amides is 1. The molecule has 5 heteroatoms. The summed E-state index contributed by atoms with van der Waals surface area (Å²) in [6, 6.07) is 1.78. The molecule has 18 heavy (non-hydrogen) atoms. The van der Waals surface area contributed by atoms with E-state index in [0.29, 0.717) is 18.1 Å². The Kier molecular flexibility index (Phi) is 2.81. The summed E-state index contributed by atoms with van der Waals surface area (Å²) in [5, 5.41) is 2.76. The van der Waals surface area contributed by atoms with Crippen molar-refractivity contribution in [1.82, 2.24) is 5.32 Å². The molecule has 1 saturated carbocycles. The zero-order valence-corrected chi connectivity index (χ0v) is 9.98. The Balaban J connectivity index is 1.57. The average molecular weight is 249 g/mol. The van der Waals surface area contributed by atoms with Crippen LogP contribution in [-0.2, 0) is 9.53 Å². The van der Waals surface area contributed by atoms with Gasteiger partial charge in [0.25, 0.3) is 0 Å². The maximum atomic E-state index is 11.9. The van der Waals surface area contributed by atoms with Crippen molar-refractivity contribution in [2.75, 3.05) is 6.61 Å². The molecule has 5 nitrogen and oxygen atoms in total. The van der Waals surface area contributed by atoms with Gasteiger partial charge >= 0.3 is 5.97 Å². The Morgan fingerprint density at radius 2 is 2.28 bits per heavy atom. The van der Waals surface area contributed by atoms with Crippen LogP contribution in [0.5, 0.6) is 0 Å². The molecule has 2 heterocycles. The molecule has 0 spiro atoms. The van der Waals surface area contributed by atoms with E-state index in [-0.39, 0.29) is 18.6 Å². The molecule has 2 aliphatic rings. The largest absolute Gasteiger partial charge is 0.458 e. The normalized spacial score (nSPS) is 22.9. The molecular weight excluding hydrogens is 234 g/mol. The Bertz CT molecular complexity index is 475. The number of carbonyl (C=O) groups excluding carboxylic acids is 2. The van der Waals surface area contributed by atoms with Crippen molar-refractivity contribution in [2.24, 2.45) is 0 Å². The summed E-state index contributed by atoms with van der Waals surface area (Å²) in [5.74, 6) is 0.370. The minimum absolute atomic E-state index is 0.0210. The topological polar surface area (TPSA) is 68.5 Å². The number of hydrogen-bond donors (Lipinski definition) is 1. The summed E-state index contributed by atoms with van der Waals surface area (Å²) >= 11 is 0. The third-order valence-electron chi connectivity index (χ3n) is 3.40. The molecule has 0 unspecified atom stereocenters. The van der Waals surface area contributed by atoms with Crippen LogP contribution in [0.15, 0.2) is 16.7 Å². The van der Waals surface area contributed by atoms with Crippen molar-refractivity contribution >= 4 is 11.9 Å². The lowest BCUT2D eigenvalue weighted by Crippen LogP contribution is -2.30. The first-order chi connectivity index (χ1) is 8.74. The molecule has 0 aromatic carbocycles. The van der Waals surface area contributed by atoms with E-state index < -0.39 is 5.97 Å². The van der Waals surface area contributed by atoms with E-state index in [4.69, 9.17) is 9.15 Å². The van der Waals surface area contributed by atoms with E-state index in [1.165, 1.54) is 6.26 Å². The predicted molar refractivity (Wildman–Crippen MR) is 62.1 cm³/mol. The van der Waals surface area contributed by atoms with Gasteiger partial charge in [0.1, 0.15) is 6.61 Å². The molecule has 96 valence electrons. The minimum atomic E-state index is -0.428. The van der Waals surface area contributed by atoms with Gasteiger partial charge in [-0.05, 0) is 31.2 Å². The van der Waals surface area contributed by atoms with Crippen LogP contribution >= 0.6 is 0 Å².